The van der Waals surface area contributed by atoms with Gasteiger partial charge in [-0.1, -0.05) is 68.2 Å². The zero-order chi connectivity index (χ0) is 28.5. The Morgan fingerprint density at radius 3 is 2.31 bits per heavy atom. The van der Waals surface area contributed by atoms with Crippen molar-refractivity contribution < 1.29 is 13.9 Å². The van der Waals surface area contributed by atoms with Gasteiger partial charge in [0, 0.05) is 22.7 Å². The van der Waals surface area contributed by atoms with Crippen molar-refractivity contribution in [2.45, 2.75) is 57.5 Å². The van der Waals surface area contributed by atoms with E-state index in [-0.39, 0.29) is 22.5 Å². The molecule has 0 radical (unpaired) electrons. The molecule has 0 bridgehead atoms. The normalized spacial score (nSPS) is 23.3. The van der Waals surface area contributed by atoms with Crippen molar-refractivity contribution in [2.75, 3.05) is 12.5 Å². The van der Waals surface area contributed by atoms with E-state index in [1.165, 1.54) is 13.2 Å². The second-order valence-electron chi connectivity index (χ2n) is 11.2. The molecule has 0 spiro atoms. The van der Waals surface area contributed by atoms with E-state index in [2.05, 4.69) is 37.3 Å². The first-order valence-corrected chi connectivity index (χ1v) is 13.5. The van der Waals surface area contributed by atoms with Crippen molar-refractivity contribution in [1.82, 2.24) is 5.01 Å². The van der Waals surface area contributed by atoms with Crippen LogP contribution in [0.1, 0.15) is 61.5 Å². The van der Waals surface area contributed by atoms with Gasteiger partial charge in [0.1, 0.15) is 11.2 Å². The Morgan fingerprint density at radius 1 is 1.10 bits per heavy atom. The fraction of sp³-hybridized carbons (Fsp3) is 0.355. The van der Waals surface area contributed by atoms with E-state index in [9.17, 15) is 10.1 Å². The Balaban J connectivity index is 1.92. The highest BCUT2D eigenvalue weighted by Crippen LogP contribution is 2.55. The van der Waals surface area contributed by atoms with Gasteiger partial charge < -0.3 is 10.2 Å². The zero-order valence-corrected chi connectivity index (χ0v) is 24.1. The molecule has 1 N–H and O–H groups in total. The number of nitriles is 1. The third-order valence-corrected chi connectivity index (χ3v) is 8.01. The van der Waals surface area contributed by atoms with Crippen LogP contribution >= 0.6 is 23.2 Å². The summed E-state index contributed by atoms with van der Waals surface area (Å²) in [5.74, 6) is -1.52. The van der Waals surface area contributed by atoms with Crippen LogP contribution in [-0.2, 0) is 10.2 Å². The summed E-state index contributed by atoms with van der Waals surface area (Å²) in [5, 5.41) is 13.7. The van der Waals surface area contributed by atoms with E-state index >= 15 is 4.39 Å². The Bertz CT molecular complexity index is 1380. The SMILES string of the molecule is COC(=O)c1ccc(NN2[C@H](C)[C@H](c3cccc(Cl)c3F)[C@@](C#N)(c3ccc(Cl)cc3)[C@@H]2CC(C)(C)C)cc1. The van der Waals surface area contributed by atoms with Gasteiger partial charge >= 0.3 is 5.97 Å². The highest BCUT2D eigenvalue weighted by atomic mass is 35.5. The quantitative estimate of drug-likeness (QED) is 0.305. The summed E-state index contributed by atoms with van der Waals surface area (Å²) in [6.45, 7) is 8.36. The number of methoxy groups -OCH3 is 1. The number of ether oxygens (including phenoxy) is 1. The standard InChI is InChI=1S/C31H32Cl2FN3O2/c1-19-27(24-7-6-8-25(33)28(24)34)31(18-35,21-11-13-22(32)14-12-21)26(17-30(2,3)4)37(19)36-23-15-9-20(10-16-23)29(38)39-5/h6-16,19,26-27,36H,17H2,1-5H3/t19-,26+,27-,31+/m1/s1. The highest BCUT2D eigenvalue weighted by molar-refractivity contribution is 6.31. The summed E-state index contributed by atoms with van der Waals surface area (Å²) >= 11 is 12.5. The summed E-state index contributed by atoms with van der Waals surface area (Å²) < 4.78 is 20.5. The smallest absolute Gasteiger partial charge is 0.337 e. The van der Waals surface area contributed by atoms with Crippen molar-refractivity contribution in [2.24, 2.45) is 5.41 Å². The van der Waals surface area contributed by atoms with E-state index in [1.807, 2.05) is 19.1 Å². The van der Waals surface area contributed by atoms with E-state index in [0.717, 1.165) is 11.3 Å². The summed E-state index contributed by atoms with van der Waals surface area (Å²) in [4.78, 5) is 11.9. The number of halogens is 3. The van der Waals surface area contributed by atoms with Crippen molar-refractivity contribution in [3.05, 3.63) is 99.3 Å². The van der Waals surface area contributed by atoms with Crippen LogP contribution in [0.4, 0.5) is 10.1 Å². The van der Waals surface area contributed by atoms with Gasteiger partial charge in [-0.15, -0.1) is 0 Å². The topological polar surface area (TPSA) is 65.4 Å². The van der Waals surface area contributed by atoms with E-state index < -0.39 is 23.1 Å². The average Bonchev–Trinajstić information content (AvgIpc) is 3.12. The largest absolute Gasteiger partial charge is 0.465 e. The number of hydrazine groups is 1. The molecule has 39 heavy (non-hydrogen) atoms. The summed E-state index contributed by atoms with van der Waals surface area (Å²) in [6, 6.07) is 21.1. The van der Waals surface area contributed by atoms with Gasteiger partial charge in [-0.2, -0.15) is 5.26 Å². The molecule has 1 saturated heterocycles. The molecule has 4 atom stereocenters. The molecule has 3 aromatic carbocycles. The van der Waals surface area contributed by atoms with Crippen LogP contribution in [0.3, 0.4) is 0 Å². The van der Waals surface area contributed by atoms with Crippen LogP contribution in [0.25, 0.3) is 0 Å². The second-order valence-corrected chi connectivity index (χ2v) is 12.1. The molecule has 0 aliphatic carbocycles. The van der Waals surface area contributed by atoms with Gasteiger partial charge in [-0.25, -0.2) is 14.2 Å². The molecule has 204 valence electrons. The molecule has 1 aliphatic rings. The molecule has 1 fully saturated rings. The molecular formula is C31H32Cl2FN3O2. The van der Waals surface area contributed by atoms with Gasteiger partial charge in [0.05, 0.1) is 29.8 Å². The van der Waals surface area contributed by atoms with Gasteiger partial charge in [0.25, 0.3) is 0 Å². The summed E-state index contributed by atoms with van der Waals surface area (Å²) in [5.41, 5.74) is 4.47. The molecule has 0 saturated carbocycles. The minimum Gasteiger partial charge on any atom is -0.465 e. The number of nitrogens with one attached hydrogen (secondary N) is 1. The zero-order valence-electron chi connectivity index (χ0n) is 22.6. The second kappa shape index (κ2) is 11.2. The van der Waals surface area contributed by atoms with Gasteiger partial charge in [0.2, 0.25) is 0 Å². The van der Waals surface area contributed by atoms with Crippen LogP contribution in [-0.4, -0.2) is 30.2 Å². The number of carbonyl (C=O) groups is 1. The molecule has 8 heteroatoms. The average molecular weight is 569 g/mol. The van der Waals surface area contributed by atoms with Crippen molar-refractivity contribution in [3.8, 4) is 6.07 Å². The van der Waals surface area contributed by atoms with Crippen LogP contribution in [0.5, 0.6) is 0 Å². The third-order valence-electron chi connectivity index (χ3n) is 7.47. The number of hydrogen-bond donors (Lipinski definition) is 1. The Labute approximate surface area is 239 Å². The summed E-state index contributed by atoms with van der Waals surface area (Å²) in [7, 11) is 1.34. The monoisotopic (exact) mass is 567 g/mol. The Kier molecular flexibility index (Phi) is 8.28. The fourth-order valence-corrected chi connectivity index (χ4v) is 6.10. The third kappa shape index (κ3) is 5.49. The molecule has 1 aliphatic heterocycles. The number of esters is 1. The molecule has 0 aromatic heterocycles. The first-order valence-electron chi connectivity index (χ1n) is 12.8. The molecule has 5 nitrogen and oxygen atoms in total. The maximum atomic E-state index is 15.7. The van der Waals surface area contributed by atoms with Gasteiger partial charge in [-0.3, -0.25) is 0 Å². The lowest BCUT2D eigenvalue weighted by molar-refractivity contribution is 0.0600. The maximum Gasteiger partial charge on any atom is 0.337 e. The number of carbonyl (C=O) groups excluding carboxylic acids is 1. The number of anilines is 1. The first-order chi connectivity index (χ1) is 18.4. The number of nitrogens with zero attached hydrogens (tertiary/aromatic N) is 2. The number of rotatable bonds is 6. The first kappa shape index (κ1) is 28.9. The predicted molar refractivity (Wildman–Crippen MR) is 153 cm³/mol. The minimum absolute atomic E-state index is 0.0137. The van der Waals surface area contributed by atoms with Crippen molar-refractivity contribution in [1.29, 1.82) is 5.26 Å². The molecule has 1 heterocycles. The van der Waals surface area contributed by atoms with Crippen LogP contribution < -0.4 is 5.43 Å². The van der Waals surface area contributed by atoms with E-state index in [1.54, 1.807) is 48.5 Å². The lowest BCUT2D eigenvalue weighted by Crippen LogP contribution is -2.48. The fourth-order valence-electron chi connectivity index (χ4n) is 5.79. The van der Waals surface area contributed by atoms with Crippen LogP contribution in [0.2, 0.25) is 10.0 Å². The van der Waals surface area contributed by atoms with E-state index in [0.29, 0.717) is 22.6 Å². The predicted octanol–water partition coefficient (Wildman–Crippen LogP) is 8.00. The molecular weight excluding hydrogens is 536 g/mol. The lowest BCUT2D eigenvalue weighted by Gasteiger charge is -2.39. The number of hydrogen-bond acceptors (Lipinski definition) is 5. The minimum atomic E-state index is -1.15. The summed E-state index contributed by atoms with van der Waals surface area (Å²) in [6.07, 6.45) is 0.624. The maximum absolute atomic E-state index is 15.7. The molecule has 0 amide bonds. The van der Waals surface area contributed by atoms with Crippen LogP contribution in [0, 0.1) is 22.6 Å². The molecule has 4 rings (SSSR count). The number of benzene rings is 3. The van der Waals surface area contributed by atoms with Crippen molar-refractivity contribution in [3.63, 3.8) is 0 Å². The van der Waals surface area contributed by atoms with E-state index in [4.69, 9.17) is 27.9 Å². The van der Waals surface area contributed by atoms with Gasteiger partial charge in [0.15, 0.2) is 0 Å². The Hall–Kier alpha value is -3.11. The lowest BCUT2D eigenvalue weighted by atomic mass is 9.63. The molecule has 3 aromatic rings. The van der Waals surface area contributed by atoms with Gasteiger partial charge in [-0.05, 0) is 72.4 Å². The van der Waals surface area contributed by atoms with Crippen molar-refractivity contribution >= 4 is 34.9 Å². The van der Waals surface area contributed by atoms with Crippen LogP contribution in [0.15, 0.2) is 66.7 Å². The Morgan fingerprint density at radius 2 is 1.74 bits per heavy atom. The molecule has 0 unspecified atom stereocenters. The highest BCUT2D eigenvalue weighted by Gasteiger charge is 2.61.